The first kappa shape index (κ1) is 13.5. The van der Waals surface area contributed by atoms with E-state index in [-0.39, 0.29) is 0 Å². The number of nitrogens with zero attached hydrogens (tertiary/aromatic N) is 1. The van der Waals surface area contributed by atoms with Crippen molar-refractivity contribution in [3.63, 3.8) is 0 Å². The van der Waals surface area contributed by atoms with Gasteiger partial charge in [-0.05, 0) is 50.0 Å². The van der Waals surface area contributed by atoms with Gasteiger partial charge in [-0.1, -0.05) is 23.7 Å². The van der Waals surface area contributed by atoms with Crippen LogP contribution in [0.15, 0.2) is 35.2 Å². The Kier molecular flexibility index (Phi) is 5.17. The van der Waals surface area contributed by atoms with Gasteiger partial charge in [-0.15, -0.1) is 11.3 Å². The molecule has 96 valence electrons. The van der Waals surface area contributed by atoms with Crippen LogP contribution in [0.3, 0.4) is 0 Å². The van der Waals surface area contributed by atoms with Gasteiger partial charge in [-0.2, -0.15) is 0 Å². The lowest BCUT2D eigenvalue weighted by molar-refractivity contribution is 0.489. The van der Waals surface area contributed by atoms with E-state index in [1.54, 1.807) is 11.3 Å². The highest BCUT2D eigenvalue weighted by Gasteiger charge is 2.11. The molecule has 1 atom stereocenters. The minimum absolute atomic E-state index is 0.551. The van der Waals surface area contributed by atoms with Crippen LogP contribution in [-0.4, -0.2) is 18.6 Å². The molecule has 0 aliphatic carbocycles. The van der Waals surface area contributed by atoms with Crippen molar-refractivity contribution < 1.29 is 0 Å². The van der Waals surface area contributed by atoms with Crippen molar-refractivity contribution in [1.82, 2.24) is 10.3 Å². The predicted molar refractivity (Wildman–Crippen MR) is 78.4 cm³/mol. The third-order valence-electron chi connectivity index (χ3n) is 2.89. The van der Waals surface area contributed by atoms with Crippen molar-refractivity contribution in [2.45, 2.75) is 12.8 Å². The molecule has 4 heteroatoms. The van der Waals surface area contributed by atoms with Crippen LogP contribution >= 0.6 is 22.9 Å². The lowest BCUT2D eigenvalue weighted by Gasteiger charge is -2.15. The standard InChI is InChI=1S/C14H17ClN2S/c1-16-8-12(7-14-9-18-10-17-14)5-11-3-2-4-13(15)6-11/h2-4,6,9-10,12,16H,5,7-8H2,1H3. The lowest BCUT2D eigenvalue weighted by atomic mass is 9.95. The van der Waals surface area contributed by atoms with Gasteiger partial charge in [0.05, 0.1) is 11.2 Å². The number of aromatic nitrogens is 1. The maximum absolute atomic E-state index is 6.02. The second-order valence-corrected chi connectivity index (χ2v) is 5.60. The lowest BCUT2D eigenvalue weighted by Crippen LogP contribution is -2.22. The van der Waals surface area contributed by atoms with Gasteiger partial charge in [0.15, 0.2) is 0 Å². The Balaban J connectivity index is 2.01. The fourth-order valence-corrected chi connectivity index (χ4v) is 2.92. The molecule has 1 aromatic carbocycles. The monoisotopic (exact) mass is 280 g/mol. The number of rotatable bonds is 6. The molecule has 1 heterocycles. The topological polar surface area (TPSA) is 24.9 Å². The van der Waals surface area contributed by atoms with Crippen LogP contribution in [0.5, 0.6) is 0 Å². The molecule has 2 aromatic rings. The Morgan fingerprint density at radius 2 is 2.28 bits per heavy atom. The Hall–Kier alpha value is -0.900. The Morgan fingerprint density at radius 3 is 2.94 bits per heavy atom. The zero-order valence-corrected chi connectivity index (χ0v) is 12.0. The van der Waals surface area contributed by atoms with Crippen molar-refractivity contribution in [1.29, 1.82) is 0 Å². The van der Waals surface area contributed by atoms with Crippen LogP contribution in [0.4, 0.5) is 0 Å². The summed E-state index contributed by atoms with van der Waals surface area (Å²) in [5.74, 6) is 0.551. The quantitative estimate of drug-likeness (QED) is 0.877. The van der Waals surface area contributed by atoms with Gasteiger partial charge in [-0.25, -0.2) is 4.98 Å². The van der Waals surface area contributed by atoms with Crippen LogP contribution in [0.1, 0.15) is 11.3 Å². The molecule has 2 rings (SSSR count). The van der Waals surface area contributed by atoms with Gasteiger partial charge in [0.1, 0.15) is 0 Å². The molecule has 18 heavy (non-hydrogen) atoms. The van der Waals surface area contributed by atoms with Crippen LogP contribution < -0.4 is 5.32 Å². The Morgan fingerprint density at radius 1 is 1.39 bits per heavy atom. The van der Waals surface area contributed by atoms with Crippen LogP contribution in [0.2, 0.25) is 5.02 Å². The minimum Gasteiger partial charge on any atom is -0.319 e. The van der Waals surface area contributed by atoms with Crippen molar-refractivity contribution >= 4 is 22.9 Å². The van der Waals surface area contributed by atoms with E-state index in [4.69, 9.17) is 11.6 Å². The maximum Gasteiger partial charge on any atom is 0.0794 e. The molecule has 0 aliphatic rings. The van der Waals surface area contributed by atoms with Gasteiger partial charge < -0.3 is 5.32 Å². The Bertz CT molecular complexity index is 470. The number of benzene rings is 1. The van der Waals surface area contributed by atoms with E-state index in [1.165, 1.54) is 11.3 Å². The summed E-state index contributed by atoms with van der Waals surface area (Å²) in [5.41, 5.74) is 4.37. The number of halogens is 1. The zero-order chi connectivity index (χ0) is 12.8. The second kappa shape index (κ2) is 6.88. The summed E-state index contributed by atoms with van der Waals surface area (Å²) in [6, 6.07) is 8.11. The molecule has 0 saturated heterocycles. The molecular weight excluding hydrogens is 264 g/mol. The first-order chi connectivity index (χ1) is 8.78. The largest absolute Gasteiger partial charge is 0.319 e. The van der Waals surface area contributed by atoms with E-state index in [0.717, 1.165) is 24.4 Å². The third kappa shape index (κ3) is 4.09. The zero-order valence-electron chi connectivity index (χ0n) is 10.4. The summed E-state index contributed by atoms with van der Waals surface area (Å²) in [7, 11) is 1.99. The summed E-state index contributed by atoms with van der Waals surface area (Å²) >= 11 is 7.68. The molecule has 1 unspecified atom stereocenters. The van der Waals surface area contributed by atoms with Gasteiger partial charge in [-0.3, -0.25) is 0 Å². The predicted octanol–water partition coefficient (Wildman–Crippen LogP) is 3.42. The van der Waals surface area contributed by atoms with Crippen LogP contribution in [0, 0.1) is 5.92 Å². The van der Waals surface area contributed by atoms with Crippen LogP contribution in [0.25, 0.3) is 0 Å². The molecule has 0 saturated carbocycles. The smallest absolute Gasteiger partial charge is 0.0794 e. The summed E-state index contributed by atoms with van der Waals surface area (Å²) in [4.78, 5) is 4.36. The van der Waals surface area contributed by atoms with E-state index in [9.17, 15) is 0 Å². The fraction of sp³-hybridized carbons (Fsp3) is 0.357. The van der Waals surface area contributed by atoms with Crippen molar-refractivity contribution in [2.24, 2.45) is 5.92 Å². The van der Waals surface area contributed by atoms with E-state index in [1.807, 2.05) is 30.8 Å². The summed E-state index contributed by atoms with van der Waals surface area (Å²) < 4.78 is 0. The maximum atomic E-state index is 6.02. The number of thiazole rings is 1. The first-order valence-electron chi connectivity index (χ1n) is 6.04. The van der Waals surface area contributed by atoms with Gasteiger partial charge in [0.2, 0.25) is 0 Å². The van der Waals surface area contributed by atoms with E-state index in [0.29, 0.717) is 5.92 Å². The molecule has 1 N–H and O–H groups in total. The highest BCUT2D eigenvalue weighted by molar-refractivity contribution is 7.07. The highest BCUT2D eigenvalue weighted by atomic mass is 35.5. The molecule has 2 nitrogen and oxygen atoms in total. The van der Waals surface area contributed by atoms with E-state index >= 15 is 0 Å². The average Bonchev–Trinajstić information content (AvgIpc) is 2.82. The molecule has 0 aliphatic heterocycles. The SMILES string of the molecule is CNCC(Cc1cccc(Cl)c1)Cc1cscn1. The molecule has 0 radical (unpaired) electrons. The Labute approximate surface area is 117 Å². The summed E-state index contributed by atoms with van der Waals surface area (Å²) in [5, 5.41) is 6.19. The van der Waals surface area contributed by atoms with E-state index in [2.05, 4.69) is 21.7 Å². The van der Waals surface area contributed by atoms with Crippen LogP contribution in [-0.2, 0) is 12.8 Å². The van der Waals surface area contributed by atoms with Gasteiger partial charge in [0, 0.05) is 10.4 Å². The van der Waals surface area contributed by atoms with Crippen molar-refractivity contribution in [3.8, 4) is 0 Å². The first-order valence-corrected chi connectivity index (χ1v) is 7.36. The number of nitrogens with one attached hydrogen (secondary N) is 1. The fourth-order valence-electron chi connectivity index (χ4n) is 2.14. The van der Waals surface area contributed by atoms with Gasteiger partial charge in [0.25, 0.3) is 0 Å². The second-order valence-electron chi connectivity index (χ2n) is 4.44. The van der Waals surface area contributed by atoms with Crippen molar-refractivity contribution in [3.05, 3.63) is 51.4 Å². The molecule has 0 fully saturated rings. The summed E-state index contributed by atoms with van der Waals surface area (Å²) in [6.45, 7) is 0.990. The molecular formula is C14H17ClN2S. The highest BCUT2D eigenvalue weighted by Crippen LogP contribution is 2.17. The van der Waals surface area contributed by atoms with E-state index < -0.39 is 0 Å². The molecule has 0 spiro atoms. The minimum atomic E-state index is 0.551. The normalized spacial score (nSPS) is 12.6. The number of hydrogen-bond acceptors (Lipinski definition) is 3. The average molecular weight is 281 g/mol. The van der Waals surface area contributed by atoms with Gasteiger partial charge >= 0.3 is 0 Å². The number of hydrogen-bond donors (Lipinski definition) is 1. The molecule has 0 amide bonds. The third-order valence-corrected chi connectivity index (χ3v) is 3.76. The molecule has 0 bridgehead atoms. The van der Waals surface area contributed by atoms with Crippen molar-refractivity contribution in [2.75, 3.05) is 13.6 Å². The molecule has 1 aromatic heterocycles. The summed E-state index contributed by atoms with van der Waals surface area (Å²) in [6.07, 6.45) is 2.04.